The van der Waals surface area contributed by atoms with Crippen molar-refractivity contribution in [2.24, 2.45) is 0 Å². The number of fused-ring (bicyclic) bond motifs is 1. The van der Waals surface area contributed by atoms with Gasteiger partial charge in [0.1, 0.15) is 0 Å². The maximum absolute atomic E-state index is 12.8. The van der Waals surface area contributed by atoms with E-state index in [1.54, 1.807) is 12.1 Å². The summed E-state index contributed by atoms with van der Waals surface area (Å²) < 4.78 is 3.02. The van der Waals surface area contributed by atoms with Crippen LogP contribution < -0.4 is 16.4 Å². The molecule has 1 saturated heterocycles. The van der Waals surface area contributed by atoms with Gasteiger partial charge in [-0.2, -0.15) is 0 Å². The van der Waals surface area contributed by atoms with Gasteiger partial charge in [0, 0.05) is 31.2 Å². The summed E-state index contributed by atoms with van der Waals surface area (Å²) in [5.74, 6) is -0.0978. The minimum atomic E-state index is -0.538. The van der Waals surface area contributed by atoms with E-state index >= 15 is 0 Å². The number of nitrogens with zero attached hydrogens (tertiary/aromatic N) is 3. The Labute approximate surface area is 193 Å². The standard InChI is InChI=1S/C26H32N4O3/c1-3-29-22-9-4-5-10-23(22)30(26(33)25(29)32)18-20-11-13-21(14-12-20)24(31)27-15-17-28-16-7-6-8-19(28)2/h4-5,9-14,19H,3,6-8,15-18H2,1-2H3,(H,27,31)/t19-/m0/s1. The van der Waals surface area contributed by atoms with E-state index in [1.807, 2.05) is 43.3 Å². The summed E-state index contributed by atoms with van der Waals surface area (Å²) >= 11 is 0. The highest BCUT2D eigenvalue weighted by molar-refractivity contribution is 5.94. The first-order valence-corrected chi connectivity index (χ1v) is 11.8. The van der Waals surface area contributed by atoms with Crippen molar-refractivity contribution in [3.8, 4) is 0 Å². The predicted octanol–water partition coefficient (Wildman–Crippen LogP) is 2.84. The number of aryl methyl sites for hydroxylation is 1. The molecular weight excluding hydrogens is 416 g/mol. The Morgan fingerprint density at radius 3 is 2.30 bits per heavy atom. The highest BCUT2D eigenvalue weighted by Crippen LogP contribution is 2.16. The minimum absolute atomic E-state index is 0.0978. The number of hydrogen-bond donors (Lipinski definition) is 1. The number of amides is 1. The monoisotopic (exact) mass is 448 g/mol. The van der Waals surface area contributed by atoms with E-state index in [2.05, 4.69) is 17.1 Å². The molecule has 1 aromatic heterocycles. The number of benzene rings is 2. The predicted molar refractivity (Wildman–Crippen MR) is 131 cm³/mol. The number of rotatable bonds is 7. The second-order valence-corrected chi connectivity index (χ2v) is 8.76. The zero-order chi connectivity index (χ0) is 23.4. The Morgan fingerprint density at radius 2 is 1.64 bits per heavy atom. The van der Waals surface area contributed by atoms with Gasteiger partial charge >= 0.3 is 11.1 Å². The summed E-state index contributed by atoms with van der Waals surface area (Å²) in [4.78, 5) is 40.3. The maximum Gasteiger partial charge on any atom is 0.317 e. The quantitative estimate of drug-likeness (QED) is 0.564. The van der Waals surface area contributed by atoms with Crippen molar-refractivity contribution in [1.82, 2.24) is 19.4 Å². The Balaban J connectivity index is 1.45. The zero-order valence-corrected chi connectivity index (χ0v) is 19.4. The topological polar surface area (TPSA) is 76.3 Å². The first-order valence-electron chi connectivity index (χ1n) is 11.8. The van der Waals surface area contributed by atoms with Crippen LogP contribution in [0.4, 0.5) is 0 Å². The second kappa shape index (κ2) is 10.2. The first kappa shape index (κ1) is 23.0. The minimum Gasteiger partial charge on any atom is -0.351 e. The zero-order valence-electron chi connectivity index (χ0n) is 19.4. The van der Waals surface area contributed by atoms with E-state index in [4.69, 9.17) is 0 Å². The van der Waals surface area contributed by atoms with Gasteiger partial charge in [-0.1, -0.05) is 30.7 Å². The van der Waals surface area contributed by atoms with E-state index in [1.165, 1.54) is 28.4 Å². The van der Waals surface area contributed by atoms with Crippen molar-refractivity contribution in [3.05, 3.63) is 80.4 Å². The average Bonchev–Trinajstić information content (AvgIpc) is 2.84. The van der Waals surface area contributed by atoms with Gasteiger partial charge in [-0.25, -0.2) is 0 Å². The van der Waals surface area contributed by atoms with Crippen LogP contribution in [0.25, 0.3) is 11.0 Å². The molecule has 0 radical (unpaired) electrons. The molecule has 2 heterocycles. The van der Waals surface area contributed by atoms with Gasteiger partial charge in [-0.3, -0.25) is 23.9 Å². The number of likely N-dealkylation sites (tertiary alicyclic amines) is 1. The number of hydrogen-bond acceptors (Lipinski definition) is 4. The lowest BCUT2D eigenvalue weighted by Crippen LogP contribution is -2.42. The summed E-state index contributed by atoms with van der Waals surface area (Å²) in [5.41, 5.74) is 1.85. The van der Waals surface area contributed by atoms with Crippen molar-refractivity contribution in [2.45, 2.75) is 52.2 Å². The lowest BCUT2D eigenvalue weighted by molar-refractivity contribution is 0.0938. The molecule has 0 bridgehead atoms. The highest BCUT2D eigenvalue weighted by atomic mass is 16.2. The Kier molecular flexibility index (Phi) is 7.08. The molecule has 1 atom stereocenters. The third-order valence-electron chi connectivity index (χ3n) is 6.63. The molecular formula is C26H32N4O3. The largest absolute Gasteiger partial charge is 0.351 e. The summed E-state index contributed by atoms with van der Waals surface area (Å²) in [6.07, 6.45) is 3.74. The lowest BCUT2D eigenvalue weighted by atomic mass is 10.0. The normalized spacial score (nSPS) is 16.7. The van der Waals surface area contributed by atoms with E-state index < -0.39 is 11.1 Å². The molecule has 0 unspecified atom stereocenters. The first-order chi connectivity index (χ1) is 16.0. The number of piperidine rings is 1. The molecule has 1 amide bonds. The number of nitrogens with one attached hydrogen (secondary N) is 1. The van der Waals surface area contributed by atoms with Crippen molar-refractivity contribution in [2.75, 3.05) is 19.6 Å². The van der Waals surface area contributed by atoms with Gasteiger partial charge in [0.15, 0.2) is 0 Å². The fourth-order valence-electron chi connectivity index (χ4n) is 4.69. The van der Waals surface area contributed by atoms with Crippen LogP contribution in [0.3, 0.4) is 0 Å². The molecule has 1 aliphatic rings. The summed E-state index contributed by atoms with van der Waals surface area (Å²) in [6, 6.07) is 15.2. The number of para-hydroxylation sites is 2. The van der Waals surface area contributed by atoms with E-state index in [-0.39, 0.29) is 12.5 Å². The van der Waals surface area contributed by atoms with Crippen molar-refractivity contribution < 1.29 is 4.79 Å². The van der Waals surface area contributed by atoms with Crippen LogP contribution in [0, 0.1) is 0 Å². The van der Waals surface area contributed by atoms with Gasteiger partial charge < -0.3 is 9.88 Å². The fourth-order valence-corrected chi connectivity index (χ4v) is 4.69. The van der Waals surface area contributed by atoms with Gasteiger partial charge in [-0.15, -0.1) is 0 Å². The Hall–Kier alpha value is -3.19. The van der Waals surface area contributed by atoms with Crippen molar-refractivity contribution in [3.63, 3.8) is 0 Å². The van der Waals surface area contributed by atoms with E-state index in [9.17, 15) is 14.4 Å². The molecule has 4 rings (SSSR count). The molecule has 3 aromatic rings. The number of carbonyl (C=O) groups is 1. The number of carbonyl (C=O) groups excluding carboxylic acids is 1. The maximum atomic E-state index is 12.8. The molecule has 0 aliphatic carbocycles. The smallest absolute Gasteiger partial charge is 0.317 e. The summed E-state index contributed by atoms with van der Waals surface area (Å²) in [7, 11) is 0. The second-order valence-electron chi connectivity index (χ2n) is 8.76. The molecule has 33 heavy (non-hydrogen) atoms. The Bertz CT molecular complexity index is 1240. The van der Waals surface area contributed by atoms with Crippen LogP contribution >= 0.6 is 0 Å². The van der Waals surface area contributed by atoms with Gasteiger partial charge in [-0.05, 0) is 63.1 Å². The summed E-state index contributed by atoms with van der Waals surface area (Å²) in [5, 5.41) is 3.01. The van der Waals surface area contributed by atoms with Crippen LogP contribution in [-0.2, 0) is 13.1 Å². The number of aromatic nitrogens is 2. The van der Waals surface area contributed by atoms with E-state index in [0.717, 1.165) is 29.7 Å². The highest BCUT2D eigenvalue weighted by Gasteiger charge is 2.18. The molecule has 0 saturated carbocycles. The Morgan fingerprint density at radius 1 is 0.970 bits per heavy atom. The SMILES string of the molecule is CCn1c(=O)c(=O)n(Cc2ccc(C(=O)NCCN3CCCC[C@@H]3C)cc2)c2ccccc21. The molecule has 0 spiro atoms. The molecule has 174 valence electrons. The van der Waals surface area contributed by atoms with Crippen LogP contribution in [-0.4, -0.2) is 45.6 Å². The van der Waals surface area contributed by atoms with E-state index in [0.29, 0.717) is 24.7 Å². The van der Waals surface area contributed by atoms with Gasteiger partial charge in [0.05, 0.1) is 17.6 Å². The molecule has 7 heteroatoms. The molecule has 1 fully saturated rings. The van der Waals surface area contributed by atoms with Crippen LogP contribution in [0.2, 0.25) is 0 Å². The summed E-state index contributed by atoms with van der Waals surface area (Å²) in [6.45, 7) is 7.41. The molecule has 1 N–H and O–H groups in total. The fraction of sp³-hybridized carbons (Fsp3) is 0.423. The molecule has 2 aromatic carbocycles. The third-order valence-corrected chi connectivity index (χ3v) is 6.63. The van der Waals surface area contributed by atoms with Crippen molar-refractivity contribution in [1.29, 1.82) is 0 Å². The van der Waals surface area contributed by atoms with Crippen LogP contribution in [0.1, 0.15) is 49.0 Å². The van der Waals surface area contributed by atoms with Gasteiger partial charge in [0.2, 0.25) is 0 Å². The van der Waals surface area contributed by atoms with Crippen LogP contribution in [0.15, 0.2) is 58.1 Å². The average molecular weight is 449 g/mol. The van der Waals surface area contributed by atoms with Crippen LogP contribution in [0.5, 0.6) is 0 Å². The van der Waals surface area contributed by atoms with Gasteiger partial charge in [0.25, 0.3) is 5.91 Å². The van der Waals surface area contributed by atoms with Crippen molar-refractivity contribution >= 4 is 16.9 Å². The molecule has 1 aliphatic heterocycles. The third kappa shape index (κ3) is 4.93. The molecule has 7 nitrogen and oxygen atoms in total. The lowest BCUT2D eigenvalue weighted by Gasteiger charge is -2.33.